The molecule has 1 aromatic heterocycles. The van der Waals surface area contributed by atoms with Gasteiger partial charge in [-0.25, -0.2) is 8.42 Å². The van der Waals surface area contributed by atoms with Crippen molar-refractivity contribution in [2.45, 2.75) is 11.1 Å². The predicted octanol–water partition coefficient (Wildman–Crippen LogP) is 1.94. The maximum atomic E-state index is 12.1. The molecule has 10 heteroatoms. The standard InChI is InChI=1S/C13H13Br2N3O4S/c1-17-12-10(6-16-17)23(21,22)3-2-18(12)13(20)7-4-8(14)11(19)9(15)5-7/h4-6,13,19-20H,2-3H2,1H3. The Bertz CT molecular complexity index is 858. The molecule has 0 saturated heterocycles. The van der Waals surface area contributed by atoms with Crippen LogP contribution in [0.2, 0.25) is 0 Å². The Morgan fingerprint density at radius 2 is 1.91 bits per heavy atom. The fourth-order valence-corrected chi connectivity index (χ4v) is 5.16. The highest BCUT2D eigenvalue weighted by molar-refractivity contribution is 9.11. The fourth-order valence-electron chi connectivity index (χ4n) is 2.54. The topological polar surface area (TPSA) is 95.7 Å². The average molecular weight is 467 g/mol. The van der Waals surface area contributed by atoms with Crippen molar-refractivity contribution in [3.05, 3.63) is 32.8 Å². The molecule has 1 aromatic carbocycles. The summed E-state index contributed by atoms with van der Waals surface area (Å²) < 4.78 is 26.6. The predicted molar refractivity (Wildman–Crippen MR) is 91.1 cm³/mol. The first-order chi connectivity index (χ1) is 10.7. The van der Waals surface area contributed by atoms with E-state index in [9.17, 15) is 18.6 Å². The lowest BCUT2D eigenvalue weighted by Gasteiger charge is -2.33. The third-order valence-corrected chi connectivity index (χ3v) is 6.60. The summed E-state index contributed by atoms with van der Waals surface area (Å²) in [4.78, 5) is 1.69. The summed E-state index contributed by atoms with van der Waals surface area (Å²) in [5, 5.41) is 24.5. The van der Waals surface area contributed by atoms with Crippen molar-refractivity contribution >= 4 is 47.5 Å². The van der Waals surface area contributed by atoms with Gasteiger partial charge in [-0.3, -0.25) is 4.68 Å². The molecular weight excluding hydrogens is 454 g/mol. The van der Waals surface area contributed by atoms with Crippen LogP contribution in [-0.2, 0) is 16.9 Å². The van der Waals surface area contributed by atoms with Crippen molar-refractivity contribution in [1.29, 1.82) is 0 Å². The number of aliphatic hydroxyl groups is 1. The van der Waals surface area contributed by atoms with E-state index < -0.39 is 16.1 Å². The molecule has 2 N–H and O–H groups in total. The number of aryl methyl sites for hydroxylation is 1. The van der Waals surface area contributed by atoms with Gasteiger partial charge in [0.15, 0.2) is 16.1 Å². The number of benzene rings is 1. The van der Waals surface area contributed by atoms with E-state index >= 15 is 0 Å². The monoisotopic (exact) mass is 465 g/mol. The second kappa shape index (κ2) is 5.76. The number of halogens is 2. The molecule has 1 unspecified atom stereocenters. The molecule has 0 saturated carbocycles. The molecule has 1 atom stereocenters. The molecule has 1 aliphatic rings. The number of anilines is 1. The minimum atomic E-state index is -3.39. The summed E-state index contributed by atoms with van der Waals surface area (Å²) in [6.07, 6.45) is 0.222. The highest BCUT2D eigenvalue weighted by Crippen LogP contribution is 2.39. The number of aromatic hydroxyl groups is 1. The van der Waals surface area contributed by atoms with Crippen molar-refractivity contribution in [3.63, 3.8) is 0 Å². The van der Waals surface area contributed by atoms with Crippen LogP contribution < -0.4 is 4.90 Å². The maximum absolute atomic E-state index is 12.1. The molecule has 124 valence electrons. The molecule has 0 fully saturated rings. The SMILES string of the molecule is Cn1ncc2c1N(C(O)c1cc(Br)c(O)c(Br)c1)CCS2(=O)=O. The second-order valence-corrected chi connectivity index (χ2v) is 8.96. The summed E-state index contributed by atoms with van der Waals surface area (Å²) in [5.41, 5.74) is 0.507. The van der Waals surface area contributed by atoms with Gasteiger partial charge in [-0.05, 0) is 44.0 Å². The number of rotatable bonds is 2. The van der Waals surface area contributed by atoms with Crippen molar-refractivity contribution in [3.8, 4) is 5.75 Å². The smallest absolute Gasteiger partial charge is 0.185 e. The van der Waals surface area contributed by atoms with Crippen molar-refractivity contribution in [1.82, 2.24) is 9.78 Å². The molecule has 2 heterocycles. The molecule has 0 amide bonds. The number of sulfone groups is 1. The molecule has 0 aliphatic carbocycles. The quantitative estimate of drug-likeness (QED) is 0.702. The highest BCUT2D eigenvalue weighted by Gasteiger charge is 2.35. The van der Waals surface area contributed by atoms with Crippen LogP contribution in [0.15, 0.2) is 32.2 Å². The lowest BCUT2D eigenvalue weighted by Crippen LogP contribution is -2.39. The van der Waals surface area contributed by atoms with Crippen LogP contribution in [-0.4, -0.2) is 40.7 Å². The molecule has 0 spiro atoms. The van der Waals surface area contributed by atoms with Gasteiger partial charge in [0.1, 0.15) is 16.5 Å². The number of hydrogen-bond donors (Lipinski definition) is 2. The Hall–Kier alpha value is -1.10. The van der Waals surface area contributed by atoms with Crippen molar-refractivity contribution in [2.24, 2.45) is 7.05 Å². The van der Waals surface area contributed by atoms with Crippen LogP contribution in [0.1, 0.15) is 11.8 Å². The largest absolute Gasteiger partial charge is 0.506 e. The van der Waals surface area contributed by atoms with Gasteiger partial charge in [-0.15, -0.1) is 0 Å². The second-order valence-electron chi connectivity index (χ2n) is 5.18. The van der Waals surface area contributed by atoms with Crippen LogP contribution in [0.3, 0.4) is 0 Å². The van der Waals surface area contributed by atoms with E-state index in [0.717, 1.165) is 0 Å². The number of aromatic nitrogens is 2. The van der Waals surface area contributed by atoms with Crippen molar-refractivity contribution < 1.29 is 18.6 Å². The number of fused-ring (bicyclic) bond motifs is 1. The normalized spacial score (nSPS) is 17.8. The van der Waals surface area contributed by atoms with E-state index in [1.54, 1.807) is 24.1 Å². The zero-order valence-electron chi connectivity index (χ0n) is 11.9. The van der Waals surface area contributed by atoms with Crippen LogP contribution in [0, 0.1) is 0 Å². The molecule has 23 heavy (non-hydrogen) atoms. The fraction of sp³-hybridized carbons (Fsp3) is 0.308. The molecule has 7 nitrogen and oxygen atoms in total. The lowest BCUT2D eigenvalue weighted by molar-refractivity contribution is 0.170. The van der Waals surface area contributed by atoms with Gasteiger partial charge in [0, 0.05) is 19.2 Å². The Labute approximate surface area is 149 Å². The number of phenols is 1. The van der Waals surface area contributed by atoms with Crippen LogP contribution in [0.5, 0.6) is 5.75 Å². The molecule has 0 radical (unpaired) electrons. The third kappa shape index (κ3) is 2.77. The summed E-state index contributed by atoms with van der Waals surface area (Å²) in [7, 11) is -1.76. The van der Waals surface area contributed by atoms with E-state index in [1.807, 2.05) is 0 Å². The first-order valence-corrected chi connectivity index (χ1v) is 9.83. The zero-order chi connectivity index (χ0) is 16.9. The Morgan fingerprint density at radius 3 is 2.52 bits per heavy atom. The molecule has 3 rings (SSSR count). The van der Waals surface area contributed by atoms with Gasteiger partial charge in [-0.1, -0.05) is 0 Å². The molecule has 2 aromatic rings. The Balaban J connectivity index is 2.07. The minimum Gasteiger partial charge on any atom is -0.506 e. The van der Waals surface area contributed by atoms with Gasteiger partial charge in [-0.2, -0.15) is 5.10 Å². The van der Waals surface area contributed by atoms with Gasteiger partial charge >= 0.3 is 0 Å². The average Bonchev–Trinajstić information content (AvgIpc) is 2.87. The lowest BCUT2D eigenvalue weighted by atomic mass is 10.1. The minimum absolute atomic E-state index is 0.0309. The van der Waals surface area contributed by atoms with E-state index in [1.165, 1.54) is 10.9 Å². The molecule has 1 aliphatic heterocycles. The third-order valence-electron chi connectivity index (χ3n) is 3.72. The van der Waals surface area contributed by atoms with Gasteiger partial charge in [0.25, 0.3) is 0 Å². The number of hydrogen-bond acceptors (Lipinski definition) is 6. The van der Waals surface area contributed by atoms with E-state index in [4.69, 9.17) is 0 Å². The maximum Gasteiger partial charge on any atom is 0.185 e. The molecular formula is C13H13Br2N3O4S. The summed E-state index contributed by atoms with van der Waals surface area (Å²) >= 11 is 6.45. The first kappa shape index (κ1) is 16.7. The highest BCUT2D eigenvalue weighted by atomic mass is 79.9. The zero-order valence-corrected chi connectivity index (χ0v) is 15.9. The number of phenolic OH excluding ortho intramolecular Hbond substituents is 1. The molecule has 0 bridgehead atoms. The van der Waals surface area contributed by atoms with E-state index in [-0.39, 0.29) is 22.9 Å². The summed E-state index contributed by atoms with van der Waals surface area (Å²) in [6, 6.07) is 3.17. The van der Waals surface area contributed by atoms with E-state index in [0.29, 0.717) is 20.3 Å². The van der Waals surface area contributed by atoms with Crippen LogP contribution in [0.4, 0.5) is 5.82 Å². The van der Waals surface area contributed by atoms with Crippen LogP contribution in [0.25, 0.3) is 0 Å². The van der Waals surface area contributed by atoms with Crippen LogP contribution >= 0.6 is 31.9 Å². The van der Waals surface area contributed by atoms with Gasteiger partial charge in [0.05, 0.1) is 20.9 Å². The number of aliphatic hydroxyl groups excluding tert-OH is 1. The number of nitrogens with zero attached hydrogens (tertiary/aromatic N) is 3. The Morgan fingerprint density at radius 1 is 1.30 bits per heavy atom. The van der Waals surface area contributed by atoms with E-state index in [2.05, 4.69) is 37.0 Å². The van der Waals surface area contributed by atoms with Gasteiger partial charge in [0.2, 0.25) is 0 Å². The van der Waals surface area contributed by atoms with Gasteiger partial charge < -0.3 is 15.1 Å². The first-order valence-electron chi connectivity index (χ1n) is 6.60. The Kier molecular flexibility index (Phi) is 4.20. The summed E-state index contributed by atoms with van der Waals surface area (Å²) in [5.74, 6) is 0.288. The summed E-state index contributed by atoms with van der Waals surface area (Å²) in [6.45, 7) is 0.145. The van der Waals surface area contributed by atoms with Crippen molar-refractivity contribution in [2.75, 3.05) is 17.2 Å².